The summed E-state index contributed by atoms with van der Waals surface area (Å²) in [6, 6.07) is 15.2. The smallest absolute Gasteiger partial charge is 0.355 e. The van der Waals surface area contributed by atoms with Crippen molar-refractivity contribution < 1.29 is 28.6 Å². The molecule has 4 rings (SSSR count). The summed E-state index contributed by atoms with van der Waals surface area (Å²) in [5.74, 6) is -3.21. The first-order valence-electron chi connectivity index (χ1n) is 11.7. The molecule has 38 heavy (non-hydrogen) atoms. The van der Waals surface area contributed by atoms with Gasteiger partial charge in [-0.3, -0.25) is 9.69 Å². The number of rotatable bonds is 5. The van der Waals surface area contributed by atoms with E-state index >= 15 is 0 Å². The van der Waals surface area contributed by atoms with Crippen molar-refractivity contribution in [2.24, 2.45) is 5.73 Å². The average molecular weight is 537 g/mol. The molecule has 2 aliphatic rings. The number of hydrogen-bond donors (Lipinski definition) is 1. The summed E-state index contributed by atoms with van der Waals surface area (Å²) in [4.78, 5) is 42.5. The fraction of sp³-hybridized carbons (Fsp3) is 0.259. The lowest BCUT2D eigenvalue weighted by Crippen LogP contribution is -2.42. The summed E-state index contributed by atoms with van der Waals surface area (Å²) < 4.78 is 15.4. The Hall–Kier alpha value is -4.33. The van der Waals surface area contributed by atoms with Crippen molar-refractivity contribution in [3.63, 3.8) is 0 Å². The maximum absolute atomic E-state index is 13.3. The van der Waals surface area contributed by atoms with E-state index in [0.29, 0.717) is 31.9 Å². The molecule has 2 aliphatic heterocycles. The van der Waals surface area contributed by atoms with E-state index in [2.05, 4.69) is 6.07 Å². The third kappa shape index (κ3) is 4.81. The van der Waals surface area contributed by atoms with Crippen LogP contribution in [0, 0.1) is 11.3 Å². The van der Waals surface area contributed by atoms with Crippen LogP contribution in [0.2, 0.25) is 5.02 Å². The summed E-state index contributed by atoms with van der Waals surface area (Å²) in [6.07, 6.45) is 0. The Labute approximate surface area is 224 Å². The summed E-state index contributed by atoms with van der Waals surface area (Å²) in [5.41, 5.74) is 7.02. The van der Waals surface area contributed by atoms with E-state index in [1.165, 1.54) is 24.1 Å². The number of halogens is 1. The Morgan fingerprint density at radius 1 is 1.05 bits per heavy atom. The van der Waals surface area contributed by atoms with Crippen molar-refractivity contribution in [3.05, 3.63) is 87.3 Å². The number of carbonyl (C=O) groups excluding carboxylic acids is 3. The zero-order chi connectivity index (χ0) is 27.4. The number of morpholine rings is 1. The van der Waals surface area contributed by atoms with Crippen LogP contribution in [-0.2, 0) is 23.8 Å². The number of nitriles is 1. The first-order chi connectivity index (χ1) is 18.3. The molecule has 10 nitrogen and oxygen atoms in total. The normalized spacial score (nSPS) is 17.7. The first-order valence-corrected chi connectivity index (χ1v) is 12.0. The first kappa shape index (κ1) is 26.7. The van der Waals surface area contributed by atoms with Crippen LogP contribution in [0.1, 0.15) is 21.8 Å². The van der Waals surface area contributed by atoms with Crippen molar-refractivity contribution in [2.75, 3.05) is 45.4 Å². The second-order valence-electron chi connectivity index (χ2n) is 8.41. The van der Waals surface area contributed by atoms with Gasteiger partial charge in [-0.25, -0.2) is 9.59 Å². The molecule has 0 aromatic heterocycles. The van der Waals surface area contributed by atoms with E-state index < -0.39 is 17.9 Å². The molecule has 2 N–H and O–H groups in total. The van der Waals surface area contributed by atoms with Crippen molar-refractivity contribution >= 4 is 35.1 Å². The van der Waals surface area contributed by atoms with E-state index in [-0.39, 0.29) is 44.8 Å². The molecule has 196 valence electrons. The highest BCUT2D eigenvalue weighted by Gasteiger charge is 2.43. The molecule has 2 aromatic carbocycles. The van der Waals surface area contributed by atoms with Gasteiger partial charge in [0.1, 0.15) is 11.5 Å². The molecule has 2 aromatic rings. The highest BCUT2D eigenvalue weighted by Crippen LogP contribution is 2.44. The van der Waals surface area contributed by atoms with Crippen molar-refractivity contribution in [3.8, 4) is 6.07 Å². The average Bonchev–Trinajstić information content (AvgIpc) is 2.96. The summed E-state index contributed by atoms with van der Waals surface area (Å²) >= 11 is 6.57. The molecule has 2 heterocycles. The van der Waals surface area contributed by atoms with Crippen LogP contribution in [0.25, 0.3) is 0 Å². The van der Waals surface area contributed by atoms with Gasteiger partial charge in [0, 0.05) is 18.7 Å². The molecule has 1 fully saturated rings. The minimum Gasteiger partial charge on any atom is -0.466 e. The van der Waals surface area contributed by atoms with E-state index in [4.69, 9.17) is 31.5 Å². The number of benzene rings is 2. The lowest BCUT2D eigenvalue weighted by molar-refractivity contribution is -0.139. The predicted molar refractivity (Wildman–Crippen MR) is 138 cm³/mol. The van der Waals surface area contributed by atoms with E-state index in [1.807, 2.05) is 0 Å². The second-order valence-corrected chi connectivity index (χ2v) is 8.81. The van der Waals surface area contributed by atoms with Crippen LogP contribution in [0.4, 0.5) is 5.69 Å². The fourth-order valence-corrected chi connectivity index (χ4v) is 4.73. The molecule has 0 aliphatic carbocycles. The van der Waals surface area contributed by atoms with E-state index in [9.17, 15) is 19.6 Å². The van der Waals surface area contributed by atoms with Gasteiger partial charge >= 0.3 is 11.9 Å². The number of esters is 2. The molecule has 11 heteroatoms. The van der Waals surface area contributed by atoms with Gasteiger partial charge in [-0.15, -0.1) is 0 Å². The summed E-state index contributed by atoms with van der Waals surface area (Å²) in [7, 11) is 2.32. The van der Waals surface area contributed by atoms with Crippen LogP contribution in [0.3, 0.4) is 0 Å². The second kappa shape index (κ2) is 11.4. The Bertz CT molecular complexity index is 1380. The van der Waals surface area contributed by atoms with Gasteiger partial charge < -0.3 is 24.8 Å². The minimum atomic E-state index is -1.02. The van der Waals surface area contributed by atoms with Crippen molar-refractivity contribution in [2.45, 2.75) is 5.92 Å². The number of carbonyl (C=O) groups is 3. The van der Waals surface area contributed by atoms with Crippen molar-refractivity contribution in [1.29, 1.82) is 5.26 Å². The van der Waals surface area contributed by atoms with E-state index in [0.717, 1.165) is 7.11 Å². The summed E-state index contributed by atoms with van der Waals surface area (Å²) in [5, 5.41) is 10.3. The number of amides is 1. The predicted octanol–water partition coefficient (Wildman–Crippen LogP) is 2.71. The van der Waals surface area contributed by atoms with Crippen molar-refractivity contribution in [1.82, 2.24) is 4.90 Å². The number of anilines is 1. The lowest BCUT2D eigenvalue weighted by Gasteiger charge is -2.36. The monoisotopic (exact) mass is 536 g/mol. The topological polar surface area (TPSA) is 135 Å². The van der Waals surface area contributed by atoms with Gasteiger partial charge in [0.15, 0.2) is 0 Å². The van der Waals surface area contributed by atoms with Crippen LogP contribution in [-0.4, -0.2) is 63.3 Å². The number of nitrogens with zero attached hydrogens (tertiary/aromatic N) is 3. The molecule has 0 radical (unpaired) electrons. The van der Waals surface area contributed by atoms with Gasteiger partial charge in [-0.05, 0) is 23.8 Å². The molecule has 0 bridgehead atoms. The zero-order valence-corrected chi connectivity index (χ0v) is 21.5. The minimum absolute atomic E-state index is 0.00905. The maximum atomic E-state index is 13.3. The number of methoxy groups -OCH3 is 2. The van der Waals surface area contributed by atoms with Crippen LogP contribution in [0.5, 0.6) is 0 Å². The van der Waals surface area contributed by atoms with Gasteiger partial charge in [0.05, 0.1) is 61.3 Å². The van der Waals surface area contributed by atoms with Crippen LogP contribution in [0.15, 0.2) is 71.2 Å². The molecule has 1 amide bonds. The summed E-state index contributed by atoms with van der Waals surface area (Å²) in [6.45, 7) is 1.66. The highest BCUT2D eigenvalue weighted by molar-refractivity contribution is 6.33. The Kier molecular flexibility index (Phi) is 8.00. The number of hydrogen-bond acceptors (Lipinski definition) is 9. The van der Waals surface area contributed by atoms with Gasteiger partial charge in [0.2, 0.25) is 0 Å². The third-order valence-corrected chi connectivity index (χ3v) is 6.66. The number of allylic oxidation sites excluding steroid dienone is 1. The Morgan fingerprint density at radius 2 is 1.71 bits per heavy atom. The molecule has 1 atom stereocenters. The SMILES string of the molecule is COC(=O)C1=C(C(=O)OC)N(c2cc(C(=O)N3CCOCC3)ccc2Cl)C(N)=C(C#N)C1c1ccccc1. The fourth-order valence-electron chi connectivity index (χ4n) is 4.53. The highest BCUT2D eigenvalue weighted by atomic mass is 35.5. The van der Waals surface area contributed by atoms with E-state index in [1.54, 1.807) is 41.3 Å². The lowest BCUT2D eigenvalue weighted by atomic mass is 9.81. The quantitative estimate of drug-likeness (QED) is 0.572. The zero-order valence-electron chi connectivity index (χ0n) is 20.8. The Morgan fingerprint density at radius 3 is 2.32 bits per heavy atom. The maximum Gasteiger partial charge on any atom is 0.355 e. The molecule has 0 saturated carbocycles. The van der Waals surface area contributed by atoms with Gasteiger partial charge in [0.25, 0.3) is 5.91 Å². The number of nitrogens with two attached hydrogens (primary N) is 1. The molecular weight excluding hydrogens is 512 g/mol. The molecule has 0 spiro atoms. The molecule has 1 unspecified atom stereocenters. The number of ether oxygens (including phenoxy) is 3. The Balaban J connectivity index is 1.97. The van der Waals surface area contributed by atoms with Gasteiger partial charge in [-0.2, -0.15) is 5.26 Å². The largest absolute Gasteiger partial charge is 0.466 e. The van der Waals surface area contributed by atoms with Crippen LogP contribution < -0.4 is 10.6 Å². The van der Waals surface area contributed by atoms with Crippen LogP contribution >= 0.6 is 11.6 Å². The van der Waals surface area contributed by atoms with Gasteiger partial charge in [-0.1, -0.05) is 41.9 Å². The molecule has 1 saturated heterocycles. The molecular formula is C27H25ClN4O6. The standard InChI is InChI=1S/C27H25ClN4O6/c1-36-26(34)22-21(16-6-4-3-5-7-16)18(15-29)24(30)32(23(22)27(35)37-2)20-14-17(8-9-19(20)28)25(33)31-10-12-38-13-11-31/h3-9,14,21H,10-13,30H2,1-2H3. The third-order valence-electron chi connectivity index (χ3n) is 6.34.